The molecule has 0 radical (unpaired) electrons. The largest absolute Gasteiger partial charge is 0.416 e. The van der Waals surface area contributed by atoms with E-state index >= 15 is 0 Å². The molecule has 1 aromatic carbocycles. The van der Waals surface area contributed by atoms with Gasteiger partial charge in [-0.1, -0.05) is 0 Å². The highest BCUT2D eigenvalue weighted by Crippen LogP contribution is 2.32. The van der Waals surface area contributed by atoms with Gasteiger partial charge in [0.2, 0.25) is 5.91 Å². The summed E-state index contributed by atoms with van der Waals surface area (Å²) in [4.78, 5) is 10.7. The zero-order valence-electron chi connectivity index (χ0n) is 7.85. The van der Waals surface area contributed by atoms with E-state index in [1.54, 1.807) is 0 Å². The lowest BCUT2D eigenvalue weighted by Crippen LogP contribution is -2.10. The van der Waals surface area contributed by atoms with Crippen LogP contribution in [0.4, 0.5) is 24.5 Å². The number of alkyl halides is 3. The quantitative estimate of drug-likeness (QED) is 0.710. The lowest BCUT2D eigenvalue weighted by atomic mass is 10.1. The third-order valence-electron chi connectivity index (χ3n) is 1.60. The predicted molar refractivity (Wildman–Crippen MR) is 50.2 cm³/mol. The van der Waals surface area contributed by atoms with Crippen LogP contribution < -0.4 is 11.1 Å². The van der Waals surface area contributed by atoms with Crippen LogP contribution >= 0.6 is 0 Å². The number of nitrogens with two attached hydrogens (primary N) is 1. The number of nitrogen functional groups attached to an aromatic ring is 1. The van der Waals surface area contributed by atoms with Crippen LogP contribution in [-0.2, 0) is 11.0 Å². The molecule has 0 aromatic heterocycles. The minimum Gasteiger partial charge on any atom is -0.399 e. The molecule has 0 atom stereocenters. The molecule has 0 unspecified atom stereocenters. The van der Waals surface area contributed by atoms with Crippen LogP contribution in [0.2, 0.25) is 0 Å². The van der Waals surface area contributed by atoms with Crippen LogP contribution in [0.1, 0.15) is 12.5 Å². The molecule has 0 saturated heterocycles. The van der Waals surface area contributed by atoms with Gasteiger partial charge in [0.25, 0.3) is 0 Å². The van der Waals surface area contributed by atoms with Crippen LogP contribution in [0.3, 0.4) is 0 Å². The van der Waals surface area contributed by atoms with Crippen LogP contribution in [0.15, 0.2) is 18.2 Å². The van der Waals surface area contributed by atoms with Crippen molar-refractivity contribution in [2.24, 2.45) is 0 Å². The van der Waals surface area contributed by atoms with Crippen molar-refractivity contribution in [2.75, 3.05) is 11.1 Å². The molecule has 15 heavy (non-hydrogen) atoms. The van der Waals surface area contributed by atoms with Crippen molar-refractivity contribution >= 4 is 17.3 Å². The number of amides is 1. The zero-order chi connectivity index (χ0) is 11.6. The maximum absolute atomic E-state index is 12.3. The number of nitrogens with one attached hydrogen (secondary N) is 1. The summed E-state index contributed by atoms with van der Waals surface area (Å²) in [6, 6.07) is 2.90. The van der Waals surface area contributed by atoms with Gasteiger partial charge < -0.3 is 11.1 Å². The van der Waals surface area contributed by atoms with Crippen molar-refractivity contribution < 1.29 is 18.0 Å². The second-order valence-electron chi connectivity index (χ2n) is 3.02. The normalized spacial score (nSPS) is 11.2. The Bertz CT molecular complexity index is 387. The van der Waals surface area contributed by atoms with Gasteiger partial charge in [-0.15, -0.1) is 0 Å². The minimum absolute atomic E-state index is 0.0369. The second kappa shape index (κ2) is 3.80. The van der Waals surface area contributed by atoms with Crippen LogP contribution in [0.5, 0.6) is 0 Å². The molecule has 0 bridgehead atoms. The van der Waals surface area contributed by atoms with Crippen molar-refractivity contribution in [3.05, 3.63) is 23.8 Å². The van der Waals surface area contributed by atoms with Crippen molar-refractivity contribution in [2.45, 2.75) is 13.1 Å². The van der Waals surface area contributed by atoms with Crippen LogP contribution in [-0.4, -0.2) is 5.91 Å². The highest BCUT2D eigenvalue weighted by Gasteiger charge is 2.31. The van der Waals surface area contributed by atoms with Gasteiger partial charge in [-0.05, 0) is 18.2 Å². The first-order valence-electron chi connectivity index (χ1n) is 4.04. The lowest BCUT2D eigenvalue weighted by molar-refractivity contribution is -0.137. The molecule has 3 N–H and O–H groups in total. The highest BCUT2D eigenvalue weighted by molar-refractivity contribution is 5.89. The van der Waals surface area contributed by atoms with Gasteiger partial charge in [-0.25, -0.2) is 0 Å². The molecule has 0 fully saturated rings. The summed E-state index contributed by atoms with van der Waals surface area (Å²) in [6.45, 7) is 1.20. The molecule has 0 heterocycles. The Morgan fingerprint density at radius 1 is 1.33 bits per heavy atom. The molecular formula is C9H9F3N2O. The fraction of sp³-hybridized carbons (Fsp3) is 0.222. The van der Waals surface area contributed by atoms with Crippen LogP contribution in [0, 0.1) is 0 Å². The number of carbonyl (C=O) groups is 1. The SMILES string of the molecule is CC(=O)Nc1cc(N)cc(C(F)(F)F)c1. The summed E-state index contributed by atoms with van der Waals surface area (Å²) in [5.74, 6) is -0.450. The second-order valence-corrected chi connectivity index (χ2v) is 3.02. The summed E-state index contributed by atoms with van der Waals surface area (Å²) in [5.41, 5.74) is 4.39. The van der Waals surface area contributed by atoms with E-state index in [-0.39, 0.29) is 11.4 Å². The summed E-state index contributed by atoms with van der Waals surface area (Å²) < 4.78 is 37.0. The average molecular weight is 218 g/mol. The molecule has 0 saturated carbocycles. The number of benzene rings is 1. The Morgan fingerprint density at radius 2 is 1.93 bits per heavy atom. The molecule has 0 aliphatic rings. The number of carbonyl (C=O) groups excluding carboxylic acids is 1. The first-order chi connectivity index (χ1) is 6.79. The van der Waals surface area contributed by atoms with Gasteiger partial charge in [0.05, 0.1) is 5.56 Å². The van der Waals surface area contributed by atoms with E-state index in [9.17, 15) is 18.0 Å². The Kier molecular flexibility index (Phi) is 2.88. The Morgan fingerprint density at radius 3 is 2.40 bits per heavy atom. The Labute approximate surface area is 84.1 Å². The monoisotopic (exact) mass is 218 g/mol. The Hall–Kier alpha value is -1.72. The molecule has 0 aliphatic heterocycles. The van der Waals surface area contributed by atoms with E-state index in [0.717, 1.165) is 12.1 Å². The molecule has 0 aliphatic carbocycles. The number of halogens is 3. The first kappa shape index (κ1) is 11.4. The molecule has 0 spiro atoms. The number of rotatable bonds is 1. The van der Waals surface area contributed by atoms with Crippen molar-refractivity contribution in [3.63, 3.8) is 0 Å². The van der Waals surface area contributed by atoms with Gasteiger partial charge in [-0.3, -0.25) is 4.79 Å². The number of hydrogen-bond acceptors (Lipinski definition) is 2. The predicted octanol–water partition coefficient (Wildman–Crippen LogP) is 2.25. The van der Waals surface area contributed by atoms with Crippen molar-refractivity contribution in [1.29, 1.82) is 0 Å². The third kappa shape index (κ3) is 3.16. The van der Waals surface area contributed by atoms with Gasteiger partial charge in [0, 0.05) is 18.3 Å². The summed E-state index contributed by atoms with van der Waals surface area (Å²) in [7, 11) is 0. The van der Waals surface area contributed by atoms with Crippen molar-refractivity contribution in [1.82, 2.24) is 0 Å². The summed E-state index contributed by atoms with van der Waals surface area (Å²) in [6.07, 6.45) is -4.47. The van der Waals surface area contributed by atoms with Crippen LogP contribution in [0.25, 0.3) is 0 Å². The topological polar surface area (TPSA) is 55.1 Å². The van der Waals surface area contributed by atoms with Gasteiger partial charge >= 0.3 is 6.18 Å². The highest BCUT2D eigenvalue weighted by atomic mass is 19.4. The van der Waals surface area contributed by atoms with Gasteiger partial charge in [0.15, 0.2) is 0 Å². The van der Waals surface area contributed by atoms with E-state index in [2.05, 4.69) is 5.32 Å². The Balaban J connectivity index is 3.11. The van der Waals surface area contributed by atoms with Gasteiger partial charge in [0.1, 0.15) is 0 Å². The smallest absolute Gasteiger partial charge is 0.399 e. The lowest BCUT2D eigenvalue weighted by Gasteiger charge is -2.10. The molecular weight excluding hydrogens is 209 g/mol. The maximum Gasteiger partial charge on any atom is 0.416 e. The van der Waals surface area contributed by atoms with E-state index < -0.39 is 17.6 Å². The first-order valence-corrected chi connectivity index (χ1v) is 4.04. The molecule has 1 amide bonds. The third-order valence-corrected chi connectivity index (χ3v) is 1.60. The van der Waals surface area contributed by atoms with E-state index in [0.29, 0.717) is 0 Å². The fourth-order valence-electron chi connectivity index (χ4n) is 1.09. The van der Waals surface area contributed by atoms with E-state index in [1.807, 2.05) is 0 Å². The zero-order valence-corrected chi connectivity index (χ0v) is 7.85. The number of hydrogen-bond donors (Lipinski definition) is 2. The maximum atomic E-state index is 12.3. The molecule has 6 heteroatoms. The summed E-state index contributed by atoms with van der Waals surface area (Å²) in [5, 5.41) is 2.24. The van der Waals surface area contributed by atoms with E-state index in [1.165, 1.54) is 13.0 Å². The molecule has 1 rings (SSSR count). The van der Waals surface area contributed by atoms with E-state index in [4.69, 9.17) is 5.73 Å². The van der Waals surface area contributed by atoms with Crippen molar-refractivity contribution in [3.8, 4) is 0 Å². The fourth-order valence-corrected chi connectivity index (χ4v) is 1.09. The molecule has 82 valence electrons. The molecule has 1 aromatic rings. The molecule has 3 nitrogen and oxygen atoms in total. The van der Waals surface area contributed by atoms with Gasteiger partial charge in [-0.2, -0.15) is 13.2 Å². The standard InChI is InChI=1S/C9H9F3N2O/c1-5(15)14-8-3-6(9(10,11)12)2-7(13)4-8/h2-4H,13H2,1H3,(H,14,15). The number of anilines is 2. The summed E-state index contributed by atoms with van der Waals surface area (Å²) >= 11 is 0. The minimum atomic E-state index is -4.47. The average Bonchev–Trinajstić information content (AvgIpc) is 1.99.